The summed E-state index contributed by atoms with van der Waals surface area (Å²) in [7, 11) is 0. The van der Waals surface area contributed by atoms with Crippen molar-refractivity contribution >= 4 is 34.3 Å². The molecule has 0 radical (unpaired) electrons. The van der Waals surface area contributed by atoms with Crippen LogP contribution in [0.2, 0.25) is 0 Å². The molecule has 2 heterocycles. The van der Waals surface area contributed by atoms with E-state index in [9.17, 15) is 9.90 Å². The van der Waals surface area contributed by atoms with Gasteiger partial charge in [-0.15, -0.1) is 0 Å². The van der Waals surface area contributed by atoms with Gasteiger partial charge in [-0.25, -0.2) is 9.97 Å². The number of hydrogen-bond donors (Lipinski definition) is 2. The molecule has 1 saturated heterocycles. The number of halogens is 1. The molecule has 2 aliphatic rings. The minimum atomic E-state index is -0.528. The SMILES string of the molecule is C[C@@H]1C[C@@H](O)c2ncnc(N3CCN(C(=O)C(N)Cc4ccc(I)cc4)CC3)c21. The first-order chi connectivity index (χ1) is 13.9. The highest BCUT2D eigenvalue weighted by Crippen LogP contribution is 2.42. The van der Waals surface area contributed by atoms with E-state index in [1.54, 1.807) is 0 Å². The second-order valence-electron chi connectivity index (χ2n) is 7.90. The topological polar surface area (TPSA) is 95.6 Å². The van der Waals surface area contributed by atoms with E-state index >= 15 is 0 Å². The fraction of sp³-hybridized carbons (Fsp3) is 0.476. The summed E-state index contributed by atoms with van der Waals surface area (Å²) >= 11 is 2.26. The first kappa shape index (κ1) is 20.5. The second-order valence-corrected chi connectivity index (χ2v) is 9.14. The molecule has 2 aromatic rings. The van der Waals surface area contributed by atoms with Crippen molar-refractivity contribution in [1.29, 1.82) is 0 Å². The van der Waals surface area contributed by atoms with E-state index in [4.69, 9.17) is 5.73 Å². The molecule has 7 nitrogen and oxygen atoms in total. The average molecular weight is 507 g/mol. The maximum atomic E-state index is 12.8. The number of aliphatic hydroxyl groups is 1. The Morgan fingerprint density at radius 3 is 2.62 bits per heavy atom. The molecule has 3 atom stereocenters. The van der Waals surface area contributed by atoms with Crippen LogP contribution in [0.15, 0.2) is 30.6 Å². The van der Waals surface area contributed by atoms with Crippen LogP contribution in [0.25, 0.3) is 0 Å². The lowest BCUT2D eigenvalue weighted by molar-refractivity contribution is -0.132. The summed E-state index contributed by atoms with van der Waals surface area (Å²) in [6.07, 6.45) is 2.26. The number of benzene rings is 1. The molecule has 1 fully saturated rings. The minimum Gasteiger partial charge on any atom is -0.387 e. The number of aliphatic hydroxyl groups excluding tert-OH is 1. The summed E-state index contributed by atoms with van der Waals surface area (Å²) in [6, 6.07) is 7.59. The van der Waals surface area contributed by atoms with Gasteiger partial charge in [0.05, 0.1) is 17.8 Å². The number of anilines is 1. The van der Waals surface area contributed by atoms with Crippen LogP contribution in [0, 0.1) is 3.57 Å². The number of carbonyl (C=O) groups is 1. The molecule has 154 valence electrons. The first-order valence-electron chi connectivity index (χ1n) is 10.0. The lowest BCUT2D eigenvalue weighted by atomic mass is 10.0. The standard InChI is InChI=1S/C21H26IN5O2/c1-13-10-17(28)19-18(13)20(25-12-24-19)26-6-8-27(9-7-26)21(29)16(23)11-14-2-4-15(22)5-3-14/h2-5,12-13,16-17,28H,6-11,23H2,1H3/t13-,16?,17-/m1/s1. The Hall–Kier alpha value is -1.78. The lowest BCUT2D eigenvalue weighted by Crippen LogP contribution is -2.54. The van der Waals surface area contributed by atoms with Crippen molar-refractivity contribution in [2.75, 3.05) is 31.1 Å². The molecule has 3 N–H and O–H groups in total. The van der Waals surface area contributed by atoms with Gasteiger partial charge in [0.1, 0.15) is 12.1 Å². The number of fused-ring (bicyclic) bond motifs is 1. The number of rotatable bonds is 4. The Labute approximate surface area is 184 Å². The lowest BCUT2D eigenvalue weighted by Gasteiger charge is -2.37. The van der Waals surface area contributed by atoms with Crippen LogP contribution in [0.1, 0.15) is 42.2 Å². The van der Waals surface area contributed by atoms with Crippen molar-refractivity contribution in [2.24, 2.45) is 5.73 Å². The van der Waals surface area contributed by atoms with E-state index in [-0.39, 0.29) is 11.8 Å². The number of nitrogens with zero attached hydrogens (tertiary/aromatic N) is 4. The summed E-state index contributed by atoms with van der Waals surface area (Å²) in [5.74, 6) is 1.13. The Morgan fingerprint density at radius 1 is 1.24 bits per heavy atom. The first-order valence-corrected chi connectivity index (χ1v) is 11.1. The van der Waals surface area contributed by atoms with Gasteiger partial charge >= 0.3 is 0 Å². The molecule has 1 aliphatic carbocycles. The van der Waals surface area contributed by atoms with Gasteiger partial charge in [0.25, 0.3) is 0 Å². The predicted molar refractivity (Wildman–Crippen MR) is 120 cm³/mol. The molecular weight excluding hydrogens is 481 g/mol. The van der Waals surface area contributed by atoms with Crippen LogP contribution in [0.5, 0.6) is 0 Å². The molecule has 0 spiro atoms. The number of carbonyl (C=O) groups excluding carboxylic acids is 1. The van der Waals surface area contributed by atoms with Crippen LogP contribution in [-0.2, 0) is 11.2 Å². The summed E-state index contributed by atoms with van der Waals surface area (Å²) in [5.41, 5.74) is 9.10. The summed E-state index contributed by atoms with van der Waals surface area (Å²) in [5, 5.41) is 10.2. The maximum Gasteiger partial charge on any atom is 0.239 e. The molecule has 1 aromatic heterocycles. The van der Waals surface area contributed by atoms with Gasteiger partial charge < -0.3 is 20.6 Å². The molecule has 1 aliphatic heterocycles. The van der Waals surface area contributed by atoms with Gasteiger partial charge in [-0.1, -0.05) is 19.1 Å². The minimum absolute atomic E-state index is 0.0000864. The van der Waals surface area contributed by atoms with Gasteiger partial charge in [-0.05, 0) is 59.0 Å². The largest absolute Gasteiger partial charge is 0.387 e. The van der Waals surface area contributed by atoms with Crippen molar-refractivity contribution in [2.45, 2.75) is 37.8 Å². The average Bonchev–Trinajstić information content (AvgIpc) is 3.03. The van der Waals surface area contributed by atoms with Gasteiger partial charge in [-0.3, -0.25) is 4.79 Å². The molecule has 0 saturated carbocycles. The Bertz CT molecular complexity index is 883. The van der Waals surface area contributed by atoms with Crippen molar-refractivity contribution < 1.29 is 9.90 Å². The monoisotopic (exact) mass is 507 g/mol. The van der Waals surface area contributed by atoms with E-state index in [1.165, 1.54) is 9.90 Å². The molecule has 1 unspecified atom stereocenters. The Balaban J connectivity index is 1.38. The van der Waals surface area contributed by atoms with Crippen molar-refractivity contribution in [3.63, 3.8) is 0 Å². The van der Waals surface area contributed by atoms with E-state index < -0.39 is 12.1 Å². The van der Waals surface area contributed by atoms with Crippen LogP contribution in [0.3, 0.4) is 0 Å². The van der Waals surface area contributed by atoms with Crippen LogP contribution < -0.4 is 10.6 Å². The fourth-order valence-corrected chi connectivity index (χ4v) is 4.65. The number of hydrogen-bond acceptors (Lipinski definition) is 6. The molecule has 8 heteroatoms. The van der Waals surface area contributed by atoms with Crippen molar-refractivity contribution in [1.82, 2.24) is 14.9 Å². The van der Waals surface area contributed by atoms with Gasteiger partial charge in [0.2, 0.25) is 5.91 Å². The number of piperazine rings is 1. The van der Waals surface area contributed by atoms with Crippen LogP contribution >= 0.6 is 22.6 Å². The van der Waals surface area contributed by atoms with Crippen molar-refractivity contribution in [3.05, 3.63) is 51.0 Å². The fourth-order valence-electron chi connectivity index (χ4n) is 4.29. The normalized spacial score (nSPS) is 22.5. The zero-order valence-electron chi connectivity index (χ0n) is 16.5. The zero-order valence-corrected chi connectivity index (χ0v) is 18.6. The third-order valence-electron chi connectivity index (χ3n) is 5.86. The van der Waals surface area contributed by atoms with Gasteiger partial charge in [-0.2, -0.15) is 0 Å². The quantitative estimate of drug-likeness (QED) is 0.614. The van der Waals surface area contributed by atoms with E-state index in [2.05, 4.69) is 44.4 Å². The van der Waals surface area contributed by atoms with Gasteiger partial charge in [0, 0.05) is 35.3 Å². The number of nitrogens with two attached hydrogens (primary N) is 1. The Kier molecular flexibility index (Phi) is 6.03. The van der Waals surface area contributed by atoms with Crippen molar-refractivity contribution in [3.8, 4) is 0 Å². The third kappa shape index (κ3) is 4.24. The number of amides is 1. The van der Waals surface area contributed by atoms with Crippen LogP contribution in [-0.4, -0.2) is 58.1 Å². The molecule has 4 rings (SSSR count). The smallest absolute Gasteiger partial charge is 0.239 e. The molecule has 0 bridgehead atoms. The second kappa shape index (κ2) is 8.53. The maximum absolute atomic E-state index is 12.8. The molecule has 29 heavy (non-hydrogen) atoms. The summed E-state index contributed by atoms with van der Waals surface area (Å²) in [4.78, 5) is 25.7. The van der Waals surface area contributed by atoms with Crippen LogP contribution in [0.4, 0.5) is 5.82 Å². The molecular formula is C21H26IN5O2. The predicted octanol–water partition coefficient (Wildman–Crippen LogP) is 1.84. The third-order valence-corrected chi connectivity index (χ3v) is 6.58. The Morgan fingerprint density at radius 2 is 1.93 bits per heavy atom. The molecule has 1 amide bonds. The van der Waals surface area contributed by atoms with Gasteiger partial charge in [0.15, 0.2) is 0 Å². The highest BCUT2D eigenvalue weighted by atomic mass is 127. The van der Waals surface area contributed by atoms with E-state index in [0.717, 1.165) is 22.6 Å². The van der Waals surface area contributed by atoms with E-state index in [0.29, 0.717) is 39.0 Å². The highest BCUT2D eigenvalue weighted by molar-refractivity contribution is 14.1. The van der Waals surface area contributed by atoms with E-state index in [1.807, 2.05) is 29.2 Å². The summed E-state index contributed by atoms with van der Waals surface area (Å²) < 4.78 is 1.17. The number of aromatic nitrogens is 2. The molecule has 1 aromatic carbocycles. The summed E-state index contributed by atoms with van der Waals surface area (Å²) in [6.45, 7) is 4.75. The highest BCUT2D eigenvalue weighted by Gasteiger charge is 2.34. The zero-order chi connectivity index (χ0) is 20.5.